The summed E-state index contributed by atoms with van der Waals surface area (Å²) in [6.07, 6.45) is 8.81. The maximum atomic E-state index is 6.31. The van der Waals surface area contributed by atoms with Gasteiger partial charge in [0.2, 0.25) is 0 Å². The topological polar surface area (TPSA) is 30.9 Å². The third kappa shape index (κ3) is 6.47. The van der Waals surface area contributed by atoms with Crippen LogP contribution in [0.25, 0.3) is 0 Å². The van der Waals surface area contributed by atoms with Gasteiger partial charge in [0.25, 0.3) is 0 Å². The molecule has 0 aromatic heterocycles. The molecular weight excluding hydrogens is 326 g/mol. The lowest BCUT2D eigenvalue weighted by Crippen LogP contribution is -2.47. The Morgan fingerprint density at radius 3 is 1.69 bits per heavy atom. The summed E-state index contributed by atoms with van der Waals surface area (Å²) in [5, 5.41) is 0. The van der Waals surface area contributed by atoms with E-state index in [-0.39, 0.29) is 11.2 Å². The Morgan fingerprint density at radius 2 is 1.19 bits per heavy atom. The van der Waals surface area contributed by atoms with E-state index in [1.54, 1.807) is 0 Å². The lowest BCUT2D eigenvalue weighted by Gasteiger charge is -2.44. The first-order valence-corrected chi connectivity index (χ1v) is 10.8. The predicted octanol–water partition coefficient (Wildman–Crippen LogP) is 4.41. The smallest absolute Gasteiger partial charge is 0.0631 e. The summed E-state index contributed by atoms with van der Waals surface area (Å²) in [5.41, 5.74) is -0.0246. The van der Waals surface area contributed by atoms with Crippen molar-refractivity contribution in [3.05, 3.63) is 0 Å². The van der Waals surface area contributed by atoms with Crippen LogP contribution in [0.3, 0.4) is 0 Å². The Kier molecular flexibility index (Phi) is 6.38. The summed E-state index contributed by atoms with van der Waals surface area (Å²) in [7, 11) is 0. The Balaban J connectivity index is 1.25. The zero-order valence-corrected chi connectivity index (χ0v) is 17.9. The molecule has 0 aromatic carbocycles. The van der Waals surface area contributed by atoms with Gasteiger partial charge in [0.05, 0.1) is 35.6 Å². The van der Waals surface area contributed by atoms with Crippen LogP contribution in [0.4, 0.5) is 0 Å². The Bertz CT molecular complexity index is 391. The summed E-state index contributed by atoms with van der Waals surface area (Å²) < 4.78 is 18.4. The van der Waals surface area contributed by atoms with Gasteiger partial charge in [-0.15, -0.1) is 0 Å². The van der Waals surface area contributed by atoms with Gasteiger partial charge in [-0.05, 0) is 86.0 Å². The van der Waals surface area contributed by atoms with E-state index in [1.807, 2.05) is 0 Å². The molecule has 152 valence electrons. The van der Waals surface area contributed by atoms with Gasteiger partial charge in [-0.3, -0.25) is 0 Å². The molecule has 0 bridgehead atoms. The van der Waals surface area contributed by atoms with Crippen molar-refractivity contribution < 1.29 is 14.2 Å². The monoisotopic (exact) mass is 367 g/mol. The molecule has 26 heavy (non-hydrogen) atoms. The molecule has 1 aliphatic heterocycles. The lowest BCUT2D eigenvalue weighted by atomic mass is 9.81. The molecule has 4 nitrogen and oxygen atoms in total. The summed E-state index contributed by atoms with van der Waals surface area (Å²) in [4.78, 5) is 2.64. The van der Waals surface area contributed by atoms with Gasteiger partial charge in [-0.25, -0.2) is 0 Å². The maximum absolute atomic E-state index is 6.31. The van der Waals surface area contributed by atoms with Crippen molar-refractivity contribution >= 4 is 0 Å². The number of likely N-dealkylation sites (tertiary alicyclic amines) is 1. The van der Waals surface area contributed by atoms with E-state index in [1.165, 1.54) is 45.3 Å². The van der Waals surface area contributed by atoms with Crippen LogP contribution >= 0.6 is 0 Å². The molecule has 0 amide bonds. The van der Waals surface area contributed by atoms with E-state index >= 15 is 0 Å². The second-order valence-corrected chi connectivity index (χ2v) is 10.8. The zero-order chi connectivity index (χ0) is 18.9. The second kappa shape index (κ2) is 8.06. The van der Waals surface area contributed by atoms with Crippen LogP contribution in [0.15, 0.2) is 0 Å². The van der Waals surface area contributed by atoms with Crippen molar-refractivity contribution in [2.45, 2.75) is 116 Å². The number of hydrogen-bond donors (Lipinski definition) is 0. The molecule has 2 saturated carbocycles. The van der Waals surface area contributed by atoms with E-state index in [9.17, 15) is 0 Å². The average Bonchev–Trinajstić information content (AvgIpc) is 2.42. The highest BCUT2D eigenvalue weighted by Crippen LogP contribution is 2.35. The first kappa shape index (κ1) is 20.6. The number of rotatable bonds is 6. The van der Waals surface area contributed by atoms with E-state index in [2.05, 4.69) is 46.4 Å². The highest BCUT2D eigenvalue weighted by atomic mass is 16.5. The predicted molar refractivity (Wildman–Crippen MR) is 106 cm³/mol. The molecule has 3 rings (SSSR count). The first-order chi connectivity index (χ1) is 12.1. The van der Waals surface area contributed by atoms with Crippen molar-refractivity contribution in [3.8, 4) is 0 Å². The minimum Gasteiger partial charge on any atom is -0.375 e. The molecule has 0 N–H and O–H groups in total. The van der Waals surface area contributed by atoms with Gasteiger partial charge >= 0.3 is 0 Å². The summed E-state index contributed by atoms with van der Waals surface area (Å²) in [5.74, 6) is 0.835. The largest absolute Gasteiger partial charge is 0.375 e. The quantitative estimate of drug-likeness (QED) is 0.696. The van der Waals surface area contributed by atoms with Gasteiger partial charge in [0.15, 0.2) is 0 Å². The van der Waals surface area contributed by atoms with Gasteiger partial charge in [-0.1, -0.05) is 0 Å². The van der Waals surface area contributed by atoms with Crippen molar-refractivity contribution in [2.75, 3.05) is 19.6 Å². The highest BCUT2D eigenvalue weighted by Gasteiger charge is 2.37. The number of piperidine rings is 1. The minimum atomic E-state index is -0.0283. The molecule has 3 fully saturated rings. The molecule has 3 aliphatic rings. The lowest BCUT2D eigenvalue weighted by molar-refractivity contribution is -0.168. The van der Waals surface area contributed by atoms with Crippen molar-refractivity contribution in [1.82, 2.24) is 4.90 Å². The van der Waals surface area contributed by atoms with Crippen LogP contribution in [0, 0.1) is 5.92 Å². The van der Waals surface area contributed by atoms with Crippen molar-refractivity contribution in [2.24, 2.45) is 5.92 Å². The third-order valence-corrected chi connectivity index (χ3v) is 5.72. The second-order valence-electron chi connectivity index (χ2n) is 10.8. The molecular formula is C22H41NO3. The van der Waals surface area contributed by atoms with Crippen LogP contribution < -0.4 is 0 Å². The summed E-state index contributed by atoms with van der Waals surface area (Å²) in [6.45, 7) is 16.5. The average molecular weight is 368 g/mol. The van der Waals surface area contributed by atoms with E-state index < -0.39 is 0 Å². The number of ether oxygens (including phenoxy) is 3. The molecule has 0 radical (unpaired) electrons. The molecule has 0 unspecified atom stereocenters. The van der Waals surface area contributed by atoms with Crippen LogP contribution in [-0.4, -0.2) is 60.2 Å². The van der Waals surface area contributed by atoms with Crippen LogP contribution in [0.2, 0.25) is 0 Å². The fourth-order valence-corrected chi connectivity index (χ4v) is 4.51. The van der Waals surface area contributed by atoms with Gasteiger partial charge in [-0.2, -0.15) is 0 Å². The van der Waals surface area contributed by atoms with E-state index in [4.69, 9.17) is 14.2 Å². The molecule has 0 spiro atoms. The fourth-order valence-electron chi connectivity index (χ4n) is 4.51. The van der Waals surface area contributed by atoms with Crippen LogP contribution in [0.1, 0.15) is 80.1 Å². The fraction of sp³-hybridized carbons (Fsp3) is 1.00. The standard InChI is InChI=1S/C22H41NO3/c1-21(2,3)25-19-11-16(12-19)15-23-9-7-17(8-10-23)24-18-13-20(14-18)26-22(4,5)6/h16-20H,7-15H2,1-6H3/t16-,18-,19-,20-. The zero-order valence-electron chi connectivity index (χ0n) is 17.9. The minimum absolute atomic E-state index is 0.00375. The SMILES string of the molecule is CC(C)(C)O[C@H]1C[C@H](CN2CCC(O[C@H]3C[C@H](OC(C)(C)C)C3)CC2)C1. The molecule has 4 heteroatoms. The van der Waals surface area contributed by atoms with Crippen molar-refractivity contribution in [3.63, 3.8) is 0 Å². The molecule has 0 atom stereocenters. The number of nitrogens with zero attached hydrogens (tertiary/aromatic N) is 1. The van der Waals surface area contributed by atoms with Crippen LogP contribution in [-0.2, 0) is 14.2 Å². The Morgan fingerprint density at radius 1 is 0.692 bits per heavy atom. The van der Waals surface area contributed by atoms with Gasteiger partial charge < -0.3 is 19.1 Å². The van der Waals surface area contributed by atoms with Gasteiger partial charge in [0.1, 0.15) is 0 Å². The normalized spacial score (nSPS) is 34.4. The van der Waals surface area contributed by atoms with Gasteiger partial charge in [0, 0.05) is 19.6 Å². The Hall–Kier alpha value is -0.160. The maximum Gasteiger partial charge on any atom is 0.0631 e. The number of hydrogen-bond acceptors (Lipinski definition) is 4. The van der Waals surface area contributed by atoms with E-state index in [0.29, 0.717) is 24.4 Å². The molecule has 1 heterocycles. The Labute approximate surface area is 160 Å². The van der Waals surface area contributed by atoms with Crippen LogP contribution in [0.5, 0.6) is 0 Å². The molecule has 2 aliphatic carbocycles. The molecule has 1 saturated heterocycles. The third-order valence-electron chi connectivity index (χ3n) is 5.72. The van der Waals surface area contributed by atoms with Crippen molar-refractivity contribution in [1.29, 1.82) is 0 Å². The highest BCUT2D eigenvalue weighted by molar-refractivity contribution is 4.87. The summed E-state index contributed by atoms with van der Waals surface area (Å²) in [6, 6.07) is 0. The summed E-state index contributed by atoms with van der Waals surface area (Å²) >= 11 is 0. The van der Waals surface area contributed by atoms with E-state index in [0.717, 1.165) is 18.8 Å². The first-order valence-electron chi connectivity index (χ1n) is 10.8. The molecule has 0 aromatic rings.